The van der Waals surface area contributed by atoms with E-state index in [1.54, 1.807) is 0 Å². The van der Waals surface area contributed by atoms with Crippen molar-refractivity contribution in [3.05, 3.63) is 97.3 Å². The van der Waals surface area contributed by atoms with Gasteiger partial charge in [-0.25, -0.2) is 0 Å². The Hall–Kier alpha value is -4.15. The average molecular weight is 440 g/mol. The fourth-order valence-corrected chi connectivity index (χ4v) is 6.53. The predicted octanol–water partition coefficient (Wildman–Crippen LogP) is 8.18. The van der Waals surface area contributed by atoms with Gasteiger partial charge >= 0.3 is 0 Å². The van der Waals surface area contributed by atoms with Gasteiger partial charge in [-0.1, -0.05) is 42.5 Å². The first kappa shape index (κ1) is 17.4. The zero-order valence-electron chi connectivity index (χ0n) is 17.5. The average Bonchev–Trinajstić information content (AvgIpc) is 3.52. The molecule has 0 aliphatic carbocycles. The summed E-state index contributed by atoms with van der Waals surface area (Å²) in [6.07, 6.45) is 3.87. The molecule has 4 aromatic carbocycles. The molecule has 4 heteroatoms. The monoisotopic (exact) mass is 439 g/mol. The molecule has 8 rings (SSSR count). The Bertz CT molecular complexity index is 2020. The Morgan fingerprint density at radius 2 is 1.55 bits per heavy atom. The molecule has 1 N–H and O–H groups in total. The number of para-hydroxylation sites is 2. The predicted molar refractivity (Wildman–Crippen MR) is 141 cm³/mol. The van der Waals surface area contributed by atoms with Crippen molar-refractivity contribution < 1.29 is 0 Å². The molecule has 8 aromatic rings. The molecule has 4 heterocycles. The Balaban J connectivity index is 1.57. The number of thiophene rings is 1. The molecule has 0 atom stereocenters. The molecular formula is C29H17N3S. The summed E-state index contributed by atoms with van der Waals surface area (Å²) < 4.78 is 4.95. The third-order valence-corrected chi connectivity index (χ3v) is 7.94. The molecule has 4 aromatic heterocycles. The normalized spacial score (nSPS) is 12.2. The summed E-state index contributed by atoms with van der Waals surface area (Å²) in [5.41, 5.74) is 5.93. The standard InChI is InChI=1S/C29H17N3S/c1-2-6-17(7-3-1)32-24-15-27-22(14-21(24)19-12-13-30-16-25(19)32)28-26(33-27)11-10-20-18-8-4-5-9-23(18)31-29(20)28/h1-16,31H. The number of hydrogen-bond acceptors (Lipinski definition) is 2. The number of aromatic amines is 1. The number of benzene rings is 4. The van der Waals surface area contributed by atoms with E-state index in [-0.39, 0.29) is 0 Å². The van der Waals surface area contributed by atoms with Crippen molar-refractivity contribution in [2.45, 2.75) is 0 Å². The van der Waals surface area contributed by atoms with E-state index in [4.69, 9.17) is 0 Å². The van der Waals surface area contributed by atoms with Crippen LogP contribution in [0.2, 0.25) is 0 Å². The first-order valence-electron chi connectivity index (χ1n) is 11.1. The summed E-state index contributed by atoms with van der Waals surface area (Å²) in [4.78, 5) is 8.15. The molecule has 0 saturated heterocycles. The van der Waals surface area contributed by atoms with Gasteiger partial charge in [-0.05, 0) is 42.5 Å². The zero-order chi connectivity index (χ0) is 21.5. The van der Waals surface area contributed by atoms with Crippen LogP contribution in [0.1, 0.15) is 0 Å². The summed E-state index contributed by atoms with van der Waals surface area (Å²) in [7, 11) is 0. The van der Waals surface area contributed by atoms with Gasteiger partial charge in [0.05, 0.1) is 22.7 Å². The Kier molecular flexibility index (Phi) is 3.28. The Morgan fingerprint density at radius 3 is 2.48 bits per heavy atom. The third kappa shape index (κ3) is 2.25. The minimum absolute atomic E-state index is 1.14. The van der Waals surface area contributed by atoms with E-state index in [9.17, 15) is 0 Å². The molecule has 0 aliphatic heterocycles. The number of nitrogens with zero attached hydrogens (tertiary/aromatic N) is 2. The van der Waals surface area contributed by atoms with Gasteiger partial charge in [0.2, 0.25) is 0 Å². The second-order valence-corrected chi connectivity index (χ2v) is 9.65. The Morgan fingerprint density at radius 1 is 0.667 bits per heavy atom. The van der Waals surface area contributed by atoms with Crippen molar-refractivity contribution in [2.75, 3.05) is 0 Å². The minimum Gasteiger partial charge on any atom is -0.354 e. The van der Waals surface area contributed by atoms with Crippen LogP contribution in [0.15, 0.2) is 97.3 Å². The Labute approximate surface area is 192 Å². The molecule has 0 fully saturated rings. The van der Waals surface area contributed by atoms with Gasteiger partial charge in [-0.2, -0.15) is 0 Å². The molecule has 0 spiro atoms. The van der Waals surface area contributed by atoms with Crippen molar-refractivity contribution in [3.63, 3.8) is 0 Å². The van der Waals surface area contributed by atoms with Crippen LogP contribution in [-0.4, -0.2) is 14.5 Å². The van der Waals surface area contributed by atoms with E-state index in [1.165, 1.54) is 58.3 Å². The van der Waals surface area contributed by atoms with Crippen LogP contribution < -0.4 is 0 Å². The molecule has 0 amide bonds. The number of fused-ring (bicyclic) bond motifs is 10. The topological polar surface area (TPSA) is 33.6 Å². The quantitative estimate of drug-likeness (QED) is 0.275. The lowest BCUT2D eigenvalue weighted by atomic mass is 10.1. The summed E-state index contributed by atoms with van der Waals surface area (Å²) in [5, 5.41) is 7.68. The fraction of sp³-hybridized carbons (Fsp3) is 0. The largest absolute Gasteiger partial charge is 0.354 e. The molecule has 0 saturated carbocycles. The van der Waals surface area contributed by atoms with Crippen LogP contribution in [0.25, 0.3) is 69.5 Å². The van der Waals surface area contributed by atoms with Crippen LogP contribution >= 0.6 is 11.3 Å². The highest BCUT2D eigenvalue weighted by Crippen LogP contribution is 2.43. The minimum atomic E-state index is 1.14. The fourth-order valence-electron chi connectivity index (χ4n) is 5.40. The van der Waals surface area contributed by atoms with E-state index < -0.39 is 0 Å². The molecule has 0 unspecified atom stereocenters. The van der Waals surface area contributed by atoms with E-state index in [1.807, 2.05) is 23.7 Å². The van der Waals surface area contributed by atoms with Crippen LogP contribution in [0, 0.1) is 0 Å². The van der Waals surface area contributed by atoms with Crippen LogP contribution in [0.4, 0.5) is 0 Å². The SMILES string of the molecule is c1ccc(-n2c3cnccc3c3cc4c(cc32)sc2ccc3c5ccccc5[nH]c3c24)cc1. The van der Waals surface area contributed by atoms with Gasteiger partial charge < -0.3 is 9.55 Å². The van der Waals surface area contributed by atoms with E-state index >= 15 is 0 Å². The third-order valence-electron chi connectivity index (χ3n) is 6.82. The summed E-state index contributed by atoms with van der Waals surface area (Å²) in [6.45, 7) is 0. The van der Waals surface area contributed by atoms with Gasteiger partial charge in [-0.3, -0.25) is 4.98 Å². The van der Waals surface area contributed by atoms with Gasteiger partial charge in [0.15, 0.2) is 0 Å². The lowest BCUT2D eigenvalue weighted by Crippen LogP contribution is -1.93. The van der Waals surface area contributed by atoms with Gasteiger partial charge in [0.1, 0.15) is 0 Å². The molecule has 3 nitrogen and oxygen atoms in total. The number of aromatic nitrogens is 3. The number of rotatable bonds is 1. The maximum atomic E-state index is 4.44. The maximum absolute atomic E-state index is 4.44. The van der Waals surface area contributed by atoms with Crippen molar-refractivity contribution >= 4 is 75.1 Å². The summed E-state index contributed by atoms with van der Waals surface area (Å²) in [6, 6.07) is 30.6. The van der Waals surface area contributed by atoms with Crippen LogP contribution in [0.5, 0.6) is 0 Å². The van der Waals surface area contributed by atoms with Gasteiger partial charge in [0.25, 0.3) is 0 Å². The van der Waals surface area contributed by atoms with Crippen LogP contribution in [-0.2, 0) is 0 Å². The molecule has 0 aliphatic rings. The number of hydrogen-bond donors (Lipinski definition) is 1. The summed E-state index contributed by atoms with van der Waals surface area (Å²) in [5.74, 6) is 0. The summed E-state index contributed by atoms with van der Waals surface area (Å²) >= 11 is 1.87. The first-order chi connectivity index (χ1) is 16.4. The smallest absolute Gasteiger partial charge is 0.0724 e. The lowest BCUT2D eigenvalue weighted by molar-refractivity contribution is 1.17. The number of pyridine rings is 1. The molecule has 33 heavy (non-hydrogen) atoms. The van der Waals surface area contributed by atoms with Crippen molar-refractivity contribution in [3.8, 4) is 5.69 Å². The van der Waals surface area contributed by atoms with Gasteiger partial charge in [0, 0.05) is 59.1 Å². The van der Waals surface area contributed by atoms with Gasteiger partial charge in [-0.15, -0.1) is 11.3 Å². The van der Waals surface area contributed by atoms with Crippen molar-refractivity contribution in [1.29, 1.82) is 0 Å². The second-order valence-electron chi connectivity index (χ2n) is 8.56. The highest BCUT2D eigenvalue weighted by Gasteiger charge is 2.17. The van der Waals surface area contributed by atoms with Crippen molar-refractivity contribution in [2.24, 2.45) is 0 Å². The number of nitrogens with one attached hydrogen (secondary N) is 1. The van der Waals surface area contributed by atoms with E-state index in [2.05, 4.69) is 99.5 Å². The maximum Gasteiger partial charge on any atom is 0.0724 e. The number of H-pyrrole nitrogens is 1. The lowest BCUT2D eigenvalue weighted by Gasteiger charge is -2.07. The molecule has 0 radical (unpaired) electrons. The zero-order valence-corrected chi connectivity index (χ0v) is 18.4. The molecule has 154 valence electrons. The van der Waals surface area contributed by atoms with Crippen LogP contribution in [0.3, 0.4) is 0 Å². The van der Waals surface area contributed by atoms with E-state index in [0.717, 1.165) is 11.2 Å². The highest BCUT2D eigenvalue weighted by molar-refractivity contribution is 7.26. The van der Waals surface area contributed by atoms with Crippen molar-refractivity contribution in [1.82, 2.24) is 14.5 Å². The molecular weight excluding hydrogens is 422 g/mol. The van der Waals surface area contributed by atoms with E-state index in [0.29, 0.717) is 0 Å². The molecule has 0 bridgehead atoms. The second kappa shape index (κ2) is 6.21. The first-order valence-corrected chi connectivity index (χ1v) is 11.9. The highest BCUT2D eigenvalue weighted by atomic mass is 32.1.